The van der Waals surface area contributed by atoms with Gasteiger partial charge in [0.1, 0.15) is 46.5 Å². The molecule has 31 heteroatoms. The highest BCUT2D eigenvalue weighted by Gasteiger charge is 2.28. The Morgan fingerprint density at radius 1 is 0.313 bits per heavy atom. The molecule has 20 rings (SSSR count). The number of rotatable bonds is 34. The summed E-state index contributed by atoms with van der Waals surface area (Å²) < 4.78 is 0. The number of aromatic nitrogens is 8. The first kappa shape index (κ1) is 103. The lowest BCUT2D eigenvalue weighted by atomic mass is 9.96. The van der Waals surface area contributed by atoms with E-state index in [-0.39, 0.29) is 40.9 Å². The third-order valence-corrected chi connectivity index (χ3v) is 27.8. The molecule has 4 saturated heterocycles. The third kappa shape index (κ3) is 27.6. The maximum absolute atomic E-state index is 13.2. The molecule has 0 atom stereocenters. The number of aryl methyl sites for hydroxylation is 4. The molecule has 27 nitrogen and oxygen atoms in total. The van der Waals surface area contributed by atoms with Gasteiger partial charge in [0.05, 0.1) is 42.3 Å². The van der Waals surface area contributed by atoms with Crippen molar-refractivity contribution < 1.29 is 33.6 Å². The lowest BCUT2D eigenvalue weighted by Gasteiger charge is -2.32. The number of carbonyl (C=O) groups excluding carboxylic acids is 7. The van der Waals surface area contributed by atoms with Crippen molar-refractivity contribution in [1.82, 2.24) is 49.7 Å². The zero-order valence-electron chi connectivity index (χ0n) is 81.4. The number of Topliss-reactive ketones (excluding diaryl/α,β-unsaturated/α-hetero) is 4. The van der Waals surface area contributed by atoms with Crippen molar-refractivity contribution in [3.63, 3.8) is 0 Å². The zero-order valence-corrected chi connectivity index (χ0v) is 84.4. The van der Waals surface area contributed by atoms with Crippen molar-refractivity contribution in [2.75, 3.05) is 93.3 Å². The number of piperidine rings is 2. The van der Waals surface area contributed by atoms with Crippen LogP contribution in [-0.4, -0.2) is 130 Å². The van der Waals surface area contributed by atoms with E-state index in [4.69, 9.17) is 69.3 Å². The van der Waals surface area contributed by atoms with Gasteiger partial charge in [-0.1, -0.05) is 198 Å². The Labute approximate surface area is 873 Å². The van der Waals surface area contributed by atoms with Crippen molar-refractivity contribution in [1.29, 1.82) is 0 Å². The van der Waals surface area contributed by atoms with E-state index in [1.165, 1.54) is 18.0 Å². The summed E-state index contributed by atoms with van der Waals surface area (Å²) in [6.45, 7) is 8.40. The number of ketones is 4. The fraction of sp³-hybridized carbons (Fsp3) is 0.250. The van der Waals surface area contributed by atoms with Gasteiger partial charge in [-0.25, -0.2) is 39.9 Å². The van der Waals surface area contributed by atoms with E-state index in [0.29, 0.717) is 192 Å². The molecule has 3 amide bonds. The van der Waals surface area contributed by atoms with E-state index in [1.54, 1.807) is 61.4 Å². The van der Waals surface area contributed by atoms with Crippen LogP contribution < -0.4 is 54.0 Å². The Kier molecular flexibility index (Phi) is 34.7. The van der Waals surface area contributed by atoms with Gasteiger partial charge in [0, 0.05) is 186 Å². The number of hydrogen-bond donors (Lipinski definition) is 8. The number of fused-ring (bicyclic) bond motifs is 4. The van der Waals surface area contributed by atoms with E-state index < -0.39 is 0 Å². The third-order valence-electron chi connectivity index (χ3n) is 26.9. The average molecular weight is 2040 g/mol. The number of anilines is 10. The van der Waals surface area contributed by atoms with Crippen LogP contribution in [0.3, 0.4) is 0 Å². The van der Waals surface area contributed by atoms with Crippen LogP contribution in [-0.2, 0) is 72.8 Å². The summed E-state index contributed by atoms with van der Waals surface area (Å²) in [4.78, 5) is 131. The first-order valence-electron chi connectivity index (χ1n) is 49.6. The van der Waals surface area contributed by atoms with Gasteiger partial charge < -0.3 is 58.9 Å². The summed E-state index contributed by atoms with van der Waals surface area (Å²) in [5, 5.41) is 22.7. The maximum atomic E-state index is 13.2. The van der Waals surface area contributed by atoms with E-state index in [9.17, 15) is 33.6 Å². The quantitative estimate of drug-likeness (QED) is 0.0174. The molecule has 4 aliphatic rings. The van der Waals surface area contributed by atoms with Gasteiger partial charge >= 0.3 is 0 Å². The number of nitrogens with two attached hydrogens (primary N) is 4. The fourth-order valence-electron chi connectivity index (χ4n) is 18.8. The van der Waals surface area contributed by atoms with Crippen LogP contribution in [0.2, 0.25) is 20.1 Å². The second-order valence-corrected chi connectivity index (χ2v) is 39.0. The molecule has 0 radical (unpaired) electrons. The molecule has 0 spiro atoms. The summed E-state index contributed by atoms with van der Waals surface area (Å²) in [5.41, 5.74) is 37.3. The SMILES string of the molecule is Nc1nccc2cc(CCC(=O)c3cc(Cl)cnc3NCC3CCN(Cc4ccccc4)CC3)ccc12.Nc1nccc2cc(CCC(=O)c3cc(Cl)cnc3NCc3ccc(CN4CCCC4=O)cc3)ccc12.Nc1nccc2cc(CCC(=O)c3cc(Cl)cnc3NCc3ccc(N4CCCCC4=O)cc3)ccc12.Nc1nccc2cc(CCC(=O)c3cc(Cl)cnc3NCc3cccc(N4CCCC4=O)c3)ccc12. The van der Waals surface area contributed by atoms with Crippen molar-refractivity contribution in [3.8, 4) is 0 Å². The van der Waals surface area contributed by atoms with Crippen molar-refractivity contribution >= 4 is 188 Å². The minimum Gasteiger partial charge on any atom is -0.383 e. The molecule has 4 aliphatic heterocycles. The van der Waals surface area contributed by atoms with Crippen LogP contribution in [0.15, 0.2) is 274 Å². The molecular formula is C116H114Cl4N20O7. The molecule has 8 aromatic heterocycles. The topological polar surface area (TPSA) is 388 Å². The van der Waals surface area contributed by atoms with Crippen molar-refractivity contribution in [2.24, 2.45) is 5.92 Å². The standard InChI is InChI=1S/C30H32ClN5O.2C29H28ClN5O2.C28H26ClN5O2/c31-25-17-27(28(37)9-7-21-6-8-26-24(16-21)10-13-33-29(26)32)30(35-19-25)34-18-22-11-14-36(15-12-22)20-23-4-2-1-3-5-23;30-23-15-25(26(36)10-8-19-7-9-24-22(14-19)11-12-32-28(24)31)29(34-17-23)33-16-20-3-5-21(6-4-20)18-35-13-1-2-27(35)37;30-22-16-25(26(36)11-7-19-6-10-24-21(15-19)12-13-32-28(24)31)29(34-18-22)33-17-20-4-8-23(9-5-20)35-14-2-1-3-27(35)37;29-21-15-24(25(35)9-7-18-6-8-23-20(13-18)10-11-31-27(23)30)28(33-17-21)32-16-19-3-1-4-22(14-19)34-12-2-5-26(34)36/h1-6,8,10,13,16-17,19,22H,7,9,11-12,14-15,18,20H2,(H2,32,33)(H,34,35);3-7,9,11-12,14-15,17H,1-2,8,10,13,16,18H2,(H2,31,32)(H,33,34);4-6,8-10,12-13,15-16,18H,1-3,7,11,14,17H2,(H2,31,32)(H,33,34);1,3-4,6,8,10-11,13-15,17H,2,5,7,9,12,16H2,(H2,30,31)(H,32,33). The minimum atomic E-state index is -0.0433. The summed E-state index contributed by atoms with van der Waals surface area (Å²) in [5.74, 6) is 5.15. The molecule has 16 aromatic rings. The summed E-state index contributed by atoms with van der Waals surface area (Å²) in [6, 6.07) is 72.8. The van der Waals surface area contributed by atoms with Crippen LogP contribution in [0.5, 0.6) is 0 Å². The number of pyridine rings is 8. The molecule has 0 unspecified atom stereocenters. The number of likely N-dealkylation sites (tertiary alicyclic amines) is 2. The van der Waals surface area contributed by atoms with Crippen LogP contribution in [0.4, 0.5) is 57.9 Å². The van der Waals surface area contributed by atoms with Crippen molar-refractivity contribution in [3.05, 3.63) is 366 Å². The Balaban J connectivity index is 0.000000134. The summed E-state index contributed by atoms with van der Waals surface area (Å²) >= 11 is 24.8. The Morgan fingerprint density at radius 3 is 1.06 bits per heavy atom. The molecule has 12 heterocycles. The van der Waals surface area contributed by atoms with E-state index in [1.807, 2.05) is 178 Å². The van der Waals surface area contributed by atoms with Crippen LogP contribution in [0.1, 0.15) is 175 Å². The Morgan fingerprint density at radius 2 is 0.660 bits per heavy atom. The number of nitrogens with zero attached hydrogens (tertiary/aromatic N) is 12. The van der Waals surface area contributed by atoms with Gasteiger partial charge in [0.25, 0.3) is 0 Å². The smallest absolute Gasteiger partial charge is 0.227 e. The second-order valence-electron chi connectivity index (χ2n) is 37.3. The van der Waals surface area contributed by atoms with E-state index in [0.717, 1.165) is 183 Å². The average Bonchev–Trinajstić information content (AvgIpc) is 1.40. The number of nitrogen functional groups attached to an aromatic ring is 4. The summed E-state index contributed by atoms with van der Waals surface area (Å²) in [6.07, 6.45) is 24.6. The lowest BCUT2D eigenvalue weighted by Crippen LogP contribution is -2.35. The number of halogens is 4. The number of carbonyl (C=O) groups is 7. The molecule has 0 bridgehead atoms. The number of benzene rings is 8. The van der Waals surface area contributed by atoms with Gasteiger partial charge in [0.2, 0.25) is 17.7 Å². The molecule has 8 aromatic carbocycles. The monoisotopic (exact) mass is 2040 g/mol. The molecule has 0 aliphatic carbocycles. The molecule has 0 saturated carbocycles. The van der Waals surface area contributed by atoms with E-state index in [2.05, 4.69) is 102 Å². The molecular weight excluding hydrogens is 1930 g/mol. The number of nitrogens with one attached hydrogen (secondary N) is 4. The predicted molar refractivity (Wildman–Crippen MR) is 589 cm³/mol. The van der Waals surface area contributed by atoms with Gasteiger partial charge in [-0.05, 0) is 228 Å². The molecule has 147 heavy (non-hydrogen) atoms. The first-order valence-corrected chi connectivity index (χ1v) is 51.1. The maximum Gasteiger partial charge on any atom is 0.227 e. The predicted octanol–water partition coefficient (Wildman–Crippen LogP) is 22.7. The number of amides is 3. The van der Waals surface area contributed by atoms with Crippen LogP contribution in [0.25, 0.3) is 43.1 Å². The highest BCUT2D eigenvalue weighted by Crippen LogP contribution is 2.34. The lowest BCUT2D eigenvalue weighted by molar-refractivity contribution is -0.128. The van der Waals surface area contributed by atoms with Gasteiger partial charge in [0.15, 0.2) is 23.1 Å². The largest absolute Gasteiger partial charge is 0.383 e. The van der Waals surface area contributed by atoms with Gasteiger partial charge in [-0.2, -0.15) is 0 Å². The Bertz CT molecular complexity index is 7490. The molecule has 748 valence electrons. The van der Waals surface area contributed by atoms with E-state index >= 15 is 0 Å². The second kappa shape index (κ2) is 49.5. The van der Waals surface area contributed by atoms with Crippen molar-refractivity contribution in [2.45, 2.75) is 142 Å². The van der Waals surface area contributed by atoms with Crippen LogP contribution in [0, 0.1) is 5.92 Å². The van der Waals surface area contributed by atoms with Crippen LogP contribution >= 0.6 is 46.4 Å². The highest BCUT2D eigenvalue weighted by atomic mass is 35.5. The Hall–Kier alpha value is -15.4. The first-order chi connectivity index (χ1) is 71.5. The minimum absolute atomic E-state index is 0.0301. The number of hydrogen-bond acceptors (Lipinski definition) is 24. The summed E-state index contributed by atoms with van der Waals surface area (Å²) in [7, 11) is 0. The highest BCUT2D eigenvalue weighted by molar-refractivity contribution is 6.32. The normalized spacial score (nSPS) is 13.7. The zero-order chi connectivity index (χ0) is 102. The molecule has 4 fully saturated rings. The van der Waals surface area contributed by atoms with Gasteiger partial charge in [-0.15, -0.1) is 0 Å². The molecule has 12 N–H and O–H groups in total. The fourth-order valence-corrected chi connectivity index (χ4v) is 19.5. The van der Waals surface area contributed by atoms with Gasteiger partial charge in [-0.3, -0.25) is 38.5 Å².